The third kappa shape index (κ3) is 4.61. The van der Waals surface area contributed by atoms with Gasteiger partial charge in [0.25, 0.3) is 0 Å². The minimum Gasteiger partial charge on any atom is -0.507 e. The second-order valence-corrected chi connectivity index (χ2v) is 5.32. The van der Waals surface area contributed by atoms with Crippen molar-refractivity contribution in [1.82, 2.24) is 0 Å². The molecule has 0 aliphatic rings. The van der Waals surface area contributed by atoms with E-state index < -0.39 is 0 Å². The molecule has 0 radical (unpaired) electrons. The molecule has 120 valence electrons. The van der Waals surface area contributed by atoms with Gasteiger partial charge in [0.05, 0.1) is 18.8 Å². The quantitative estimate of drug-likeness (QED) is 0.645. The lowest BCUT2D eigenvalue weighted by Crippen LogP contribution is -2.05. The topological polar surface area (TPSA) is 55.8 Å². The standard InChI is InChI=1S/C19H20O4/c1-13(2)23-15-7-4-14(5-8-15)6-11-18(20)17-10-9-16(22-3)12-19(17)21/h4-13,21H,1-3H3/b11-6+. The summed E-state index contributed by atoms with van der Waals surface area (Å²) in [6.45, 7) is 3.93. The van der Waals surface area contributed by atoms with Gasteiger partial charge in [0.1, 0.15) is 17.2 Å². The van der Waals surface area contributed by atoms with Crippen LogP contribution >= 0.6 is 0 Å². The number of benzene rings is 2. The number of rotatable bonds is 6. The van der Waals surface area contributed by atoms with Crippen LogP contribution in [-0.4, -0.2) is 24.1 Å². The van der Waals surface area contributed by atoms with Gasteiger partial charge in [-0.2, -0.15) is 0 Å². The molecule has 2 aromatic rings. The predicted octanol–water partition coefficient (Wildman–Crippen LogP) is 4.08. The first-order valence-corrected chi connectivity index (χ1v) is 7.35. The van der Waals surface area contributed by atoms with Gasteiger partial charge in [-0.1, -0.05) is 18.2 Å². The number of hydrogen-bond donors (Lipinski definition) is 1. The number of carbonyl (C=O) groups excluding carboxylic acids is 1. The summed E-state index contributed by atoms with van der Waals surface area (Å²) in [4.78, 5) is 12.1. The number of allylic oxidation sites excluding steroid dienone is 1. The smallest absolute Gasteiger partial charge is 0.189 e. The van der Waals surface area contributed by atoms with E-state index in [-0.39, 0.29) is 23.2 Å². The Bertz CT molecular complexity index is 700. The van der Waals surface area contributed by atoms with Crippen molar-refractivity contribution in [1.29, 1.82) is 0 Å². The molecule has 0 heterocycles. The van der Waals surface area contributed by atoms with Crippen molar-refractivity contribution in [3.63, 3.8) is 0 Å². The van der Waals surface area contributed by atoms with E-state index in [1.807, 2.05) is 38.1 Å². The number of ketones is 1. The van der Waals surface area contributed by atoms with Gasteiger partial charge in [0.2, 0.25) is 0 Å². The molecule has 0 bridgehead atoms. The van der Waals surface area contributed by atoms with Crippen LogP contribution in [0.4, 0.5) is 0 Å². The highest BCUT2D eigenvalue weighted by molar-refractivity contribution is 6.08. The largest absolute Gasteiger partial charge is 0.507 e. The Labute approximate surface area is 136 Å². The first kappa shape index (κ1) is 16.6. The summed E-state index contributed by atoms with van der Waals surface area (Å²) in [6.07, 6.45) is 3.25. The molecule has 0 atom stereocenters. The van der Waals surface area contributed by atoms with Gasteiger partial charge in [-0.25, -0.2) is 0 Å². The van der Waals surface area contributed by atoms with Gasteiger partial charge in [0.15, 0.2) is 5.78 Å². The molecule has 0 unspecified atom stereocenters. The SMILES string of the molecule is COc1ccc(C(=O)/C=C/c2ccc(OC(C)C)cc2)c(O)c1. The van der Waals surface area contributed by atoms with Gasteiger partial charge in [0, 0.05) is 6.07 Å². The minimum absolute atomic E-state index is 0.0975. The highest BCUT2D eigenvalue weighted by Gasteiger charge is 2.09. The average molecular weight is 312 g/mol. The summed E-state index contributed by atoms with van der Waals surface area (Å²) in [5.41, 5.74) is 1.12. The molecule has 0 spiro atoms. The molecule has 0 fully saturated rings. The van der Waals surface area contributed by atoms with Crippen LogP contribution < -0.4 is 9.47 Å². The molecular formula is C19H20O4. The maximum atomic E-state index is 12.1. The van der Waals surface area contributed by atoms with Crippen molar-refractivity contribution >= 4 is 11.9 Å². The Morgan fingerprint density at radius 2 is 1.74 bits per heavy atom. The number of aromatic hydroxyl groups is 1. The fraction of sp³-hybridized carbons (Fsp3) is 0.211. The van der Waals surface area contributed by atoms with Gasteiger partial charge >= 0.3 is 0 Å². The fourth-order valence-corrected chi connectivity index (χ4v) is 2.04. The van der Waals surface area contributed by atoms with E-state index in [2.05, 4.69) is 0 Å². The van der Waals surface area contributed by atoms with E-state index in [0.29, 0.717) is 5.75 Å². The van der Waals surface area contributed by atoms with Crippen molar-refractivity contribution in [2.45, 2.75) is 20.0 Å². The number of methoxy groups -OCH3 is 1. The molecule has 2 aromatic carbocycles. The lowest BCUT2D eigenvalue weighted by atomic mass is 10.1. The molecule has 1 N–H and O–H groups in total. The van der Waals surface area contributed by atoms with Crippen LogP contribution in [0, 0.1) is 0 Å². The van der Waals surface area contributed by atoms with Crippen molar-refractivity contribution in [3.05, 3.63) is 59.7 Å². The van der Waals surface area contributed by atoms with Gasteiger partial charge in [-0.05, 0) is 49.8 Å². The first-order valence-electron chi connectivity index (χ1n) is 7.35. The van der Waals surface area contributed by atoms with E-state index in [9.17, 15) is 9.90 Å². The molecular weight excluding hydrogens is 292 g/mol. The summed E-state index contributed by atoms with van der Waals surface area (Å²) >= 11 is 0. The van der Waals surface area contributed by atoms with Crippen LogP contribution in [0.3, 0.4) is 0 Å². The van der Waals surface area contributed by atoms with Crippen LogP contribution in [0.15, 0.2) is 48.5 Å². The molecule has 0 saturated heterocycles. The molecule has 0 aromatic heterocycles. The summed E-state index contributed by atoms with van der Waals surface area (Å²) in [5.74, 6) is 0.924. The maximum absolute atomic E-state index is 12.1. The monoisotopic (exact) mass is 312 g/mol. The Morgan fingerprint density at radius 3 is 2.30 bits per heavy atom. The molecule has 4 nitrogen and oxygen atoms in total. The normalized spacial score (nSPS) is 11.0. The first-order chi connectivity index (χ1) is 11.0. The summed E-state index contributed by atoms with van der Waals surface area (Å²) < 4.78 is 10.6. The predicted molar refractivity (Wildman–Crippen MR) is 90.2 cm³/mol. The zero-order chi connectivity index (χ0) is 16.8. The third-order valence-corrected chi connectivity index (χ3v) is 3.15. The number of carbonyl (C=O) groups is 1. The van der Waals surface area contributed by atoms with E-state index in [1.165, 1.54) is 19.3 Å². The summed E-state index contributed by atoms with van der Waals surface area (Å²) in [5, 5.41) is 9.86. The lowest BCUT2D eigenvalue weighted by molar-refractivity contribution is 0.104. The number of ether oxygens (including phenoxy) is 2. The highest BCUT2D eigenvalue weighted by Crippen LogP contribution is 2.24. The van der Waals surface area contributed by atoms with E-state index in [4.69, 9.17) is 9.47 Å². The molecule has 0 aliphatic carbocycles. The van der Waals surface area contributed by atoms with E-state index in [1.54, 1.807) is 18.2 Å². The molecule has 0 saturated carbocycles. The molecule has 2 rings (SSSR count). The minimum atomic E-state index is -0.271. The van der Waals surface area contributed by atoms with Crippen molar-refractivity contribution in [3.8, 4) is 17.2 Å². The zero-order valence-electron chi connectivity index (χ0n) is 13.4. The molecule has 23 heavy (non-hydrogen) atoms. The molecule has 0 amide bonds. The Kier molecular flexibility index (Phi) is 5.41. The maximum Gasteiger partial charge on any atom is 0.189 e. The van der Waals surface area contributed by atoms with Gasteiger partial charge in [-0.3, -0.25) is 4.79 Å². The second kappa shape index (κ2) is 7.49. The van der Waals surface area contributed by atoms with Crippen LogP contribution in [0.25, 0.3) is 6.08 Å². The Morgan fingerprint density at radius 1 is 1.09 bits per heavy atom. The zero-order valence-corrected chi connectivity index (χ0v) is 13.4. The van der Waals surface area contributed by atoms with Crippen molar-refractivity contribution < 1.29 is 19.4 Å². The second-order valence-electron chi connectivity index (χ2n) is 5.32. The third-order valence-electron chi connectivity index (χ3n) is 3.15. The van der Waals surface area contributed by atoms with Crippen LogP contribution in [0.1, 0.15) is 29.8 Å². The number of hydrogen-bond acceptors (Lipinski definition) is 4. The summed E-state index contributed by atoms with van der Waals surface area (Å²) in [6, 6.07) is 12.0. The van der Waals surface area contributed by atoms with Crippen molar-refractivity contribution in [2.24, 2.45) is 0 Å². The molecule has 4 heteroatoms. The highest BCUT2D eigenvalue weighted by atomic mass is 16.5. The van der Waals surface area contributed by atoms with Gasteiger partial charge in [-0.15, -0.1) is 0 Å². The number of phenols is 1. The van der Waals surface area contributed by atoms with Crippen LogP contribution in [0.2, 0.25) is 0 Å². The molecule has 0 aliphatic heterocycles. The Hall–Kier alpha value is -2.75. The Balaban J connectivity index is 2.09. The van der Waals surface area contributed by atoms with Gasteiger partial charge < -0.3 is 14.6 Å². The average Bonchev–Trinajstić information content (AvgIpc) is 2.53. The van der Waals surface area contributed by atoms with Crippen LogP contribution in [-0.2, 0) is 0 Å². The summed E-state index contributed by atoms with van der Waals surface area (Å²) in [7, 11) is 1.50. The lowest BCUT2D eigenvalue weighted by Gasteiger charge is -2.09. The fourth-order valence-electron chi connectivity index (χ4n) is 2.04. The number of phenolic OH excluding ortho intramolecular Hbond substituents is 1. The van der Waals surface area contributed by atoms with E-state index >= 15 is 0 Å². The van der Waals surface area contributed by atoms with Crippen molar-refractivity contribution in [2.75, 3.05) is 7.11 Å². The van der Waals surface area contributed by atoms with E-state index in [0.717, 1.165) is 11.3 Å². The van der Waals surface area contributed by atoms with Crippen LogP contribution in [0.5, 0.6) is 17.2 Å².